The molecule has 1 unspecified atom stereocenters. The number of ether oxygens (including phenoxy) is 1. The molecule has 6 heteroatoms. The van der Waals surface area contributed by atoms with Crippen molar-refractivity contribution in [1.82, 2.24) is 10.2 Å². The summed E-state index contributed by atoms with van der Waals surface area (Å²) in [5.41, 5.74) is 0. The fourth-order valence-electron chi connectivity index (χ4n) is 1.59. The van der Waals surface area contributed by atoms with Crippen LogP contribution in [0.1, 0.15) is 20.3 Å². The van der Waals surface area contributed by atoms with Gasteiger partial charge in [-0.1, -0.05) is 6.92 Å². The second-order valence-electron chi connectivity index (χ2n) is 4.13. The average molecular weight is 256 g/mol. The third kappa shape index (κ3) is 9.38. The van der Waals surface area contributed by atoms with Crippen LogP contribution in [-0.4, -0.2) is 57.0 Å². The number of nitrogens with one attached hydrogen (secondary N) is 1. The van der Waals surface area contributed by atoms with Crippen molar-refractivity contribution < 1.29 is 17.9 Å². The molecule has 0 radical (unpaired) electrons. The molecule has 0 aliphatic heterocycles. The molecule has 0 rings (SSSR count). The van der Waals surface area contributed by atoms with E-state index in [1.807, 2.05) is 6.92 Å². The Morgan fingerprint density at radius 2 is 2.00 bits per heavy atom. The monoisotopic (exact) mass is 256 g/mol. The van der Waals surface area contributed by atoms with Crippen LogP contribution < -0.4 is 5.32 Å². The summed E-state index contributed by atoms with van der Waals surface area (Å²) >= 11 is 0. The van der Waals surface area contributed by atoms with Gasteiger partial charge in [0.25, 0.3) is 0 Å². The molecular weight excluding hydrogens is 233 g/mol. The zero-order valence-corrected chi connectivity index (χ0v) is 10.8. The van der Waals surface area contributed by atoms with Gasteiger partial charge in [0.2, 0.25) is 0 Å². The summed E-state index contributed by atoms with van der Waals surface area (Å²) in [6, 6.07) is -0.131. The fraction of sp³-hybridized carbons (Fsp3) is 1.00. The summed E-state index contributed by atoms with van der Waals surface area (Å²) in [7, 11) is 1.60. The predicted molar refractivity (Wildman–Crippen MR) is 62.1 cm³/mol. The van der Waals surface area contributed by atoms with E-state index in [2.05, 4.69) is 5.32 Å². The molecule has 0 aromatic rings. The van der Waals surface area contributed by atoms with E-state index < -0.39 is 12.7 Å². The Morgan fingerprint density at radius 3 is 2.47 bits per heavy atom. The van der Waals surface area contributed by atoms with Gasteiger partial charge in [-0.2, -0.15) is 13.2 Å². The van der Waals surface area contributed by atoms with E-state index in [4.69, 9.17) is 4.74 Å². The lowest BCUT2D eigenvalue weighted by Gasteiger charge is -2.29. The van der Waals surface area contributed by atoms with Crippen molar-refractivity contribution >= 4 is 0 Å². The maximum atomic E-state index is 12.4. The third-order valence-corrected chi connectivity index (χ3v) is 2.44. The highest BCUT2D eigenvalue weighted by Gasteiger charge is 2.32. The molecule has 0 aliphatic rings. The molecule has 0 fully saturated rings. The molecule has 0 saturated carbocycles. The van der Waals surface area contributed by atoms with E-state index in [1.165, 1.54) is 4.90 Å². The molecule has 0 heterocycles. The van der Waals surface area contributed by atoms with Crippen molar-refractivity contribution in [3.63, 3.8) is 0 Å². The molecule has 3 nitrogen and oxygen atoms in total. The zero-order chi connectivity index (χ0) is 13.3. The van der Waals surface area contributed by atoms with E-state index in [-0.39, 0.29) is 6.04 Å². The van der Waals surface area contributed by atoms with Gasteiger partial charge in [-0.3, -0.25) is 4.90 Å². The highest BCUT2D eigenvalue weighted by molar-refractivity contribution is 4.72. The standard InChI is InChI=1S/C11H23F3N2O/c1-4-6-16(9-11(12,13)14)10(2)8-15-5-7-17-3/h10,15H,4-9H2,1-3H3. The second-order valence-corrected chi connectivity index (χ2v) is 4.13. The lowest BCUT2D eigenvalue weighted by molar-refractivity contribution is -0.150. The number of nitrogens with zero attached hydrogens (tertiary/aromatic N) is 1. The lowest BCUT2D eigenvalue weighted by Crippen LogP contribution is -2.45. The molecule has 0 spiro atoms. The van der Waals surface area contributed by atoms with Crippen LogP contribution in [-0.2, 0) is 4.74 Å². The quantitative estimate of drug-likeness (QED) is 0.638. The van der Waals surface area contributed by atoms with Crippen molar-refractivity contribution in [2.24, 2.45) is 0 Å². The number of rotatable bonds is 9. The Morgan fingerprint density at radius 1 is 1.35 bits per heavy atom. The van der Waals surface area contributed by atoms with Gasteiger partial charge in [0.15, 0.2) is 0 Å². The van der Waals surface area contributed by atoms with Gasteiger partial charge in [-0.05, 0) is 19.9 Å². The van der Waals surface area contributed by atoms with E-state index >= 15 is 0 Å². The Hall–Kier alpha value is -0.330. The summed E-state index contributed by atoms with van der Waals surface area (Å²) in [4.78, 5) is 1.46. The maximum Gasteiger partial charge on any atom is 0.401 e. The van der Waals surface area contributed by atoms with Crippen LogP contribution in [0.15, 0.2) is 0 Å². The fourth-order valence-corrected chi connectivity index (χ4v) is 1.59. The molecule has 0 amide bonds. The van der Waals surface area contributed by atoms with Crippen molar-refractivity contribution in [3.05, 3.63) is 0 Å². The number of halogens is 3. The minimum Gasteiger partial charge on any atom is -0.383 e. The van der Waals surface area contributed by atoms with Crippen LogP contribution in [0, 0.1) is 0 Å². The van der Waals surface area contributed by atoms with Crippen LogP contribution in [0.2, 0.25) is 0 Å². The molecule has 104 valence electrons. The van der Waals surface area contributed by atoms with Gasteiger partial charge >= 0.3 is 6.18 Å². The summed E-state index contributed by atoms with van der Waals surface area (Å²) < 4.78 is 41.9. The number of methoxy groups -OCH3 is 1. The first-order chi connectivity index (χ1) is 7.90. The first-order valence-corrected chi connectivity index (χ1v) is 5.91. The van der Waals surface area contributed by atoms with Gasteiger partial charge in [0, 0.05) is 26.2 Å². The molecule has 1 N–H and O–H groups in total. The molecular formula is C11H23F3N2O. The van der Waals surface area contributed by atoms with Gasteiger partial charge in [0.1, 0.15) is 0 Å². The van der Waals surface area contributed by atoms with E-state index in [0.717, 1.165) is 6.42 Å². The van der Waals surface area contributed by atoms with Crippen molar-refractivity contribution in [2.75, 3.05) is 39.9 Å². The van der Waals surface area contributed by atoms with Gasteiger partial charge in [-0.15, -0.1) is 0 Å². The lowest BCUT2D eigenvalue weighted by atomic mass is 10.2. The highest BCUT2D eigenvalue weighted by atomic mass is 19.4. The molecule has 0 bridgehead atoms. The van der Waals surface area contributed by atoms with Gasteiger partial charge < -0.3 is 10.1 Å². The molecule has 0 aromatic carbocycles. The van der Waals surface area contributed by atoms with Gasteiger partial charge in [-0.25, -0.2) is 0 Å². The zero-order valence-electron chi connectivity index (χ0n) is 10.8. The summed E-state index contributed by atoms with van der Waals surface area (Å²) in [5.74, 6) is 0. The second kappa shape index (κ2) is 8.72. The Labute approximate surface area is 101 Å². The van der Waals surface area contributed by atoms with Crippen LogP contribution in [0.5, 0.6) is 0 Å². The summed E-state index contributed by atoms with van der Waals surface area (Å²) in [6.07, 6.45) is -3.41. The maximum absolute atomic E-state index is 12.4. The molecule has 0 aromatic heterocycles. The molecule has 0 saturated heterocycles. The number of hydrogen-bond donors (Lipinski definition) is 1. The van der Waals surface area contributed by atoms with Crippen LogP contribution in [0.3, 0.4) is 0 Å². The van der Waals surface area contributed by atoms with Crippen LogP contribution in [0.25, 0.3) is 0 Å². The predicted octanol–water partition coefficient (Wildman–Crippen LogP) is 1.89. The third-order valence-electron chi connectivity index (χ3n) is 2.44. The van der Waals surface area contributed by atoms with E-state index in [0.29, 0.717) is 26.2 Å². The Bertz CT molecular complexity index is 188. The minimum atomic E-state index is -4.13. The largest absolute Gasteiger partial charge is 0.401 e. The van der Waals surface area contributed by atoms with Crippen LogP contribution in [0.4, 0.5) is 13.2 Å². The van der Waals surface area contributed by atoms with Crippen LogP contribution >= 0.6 is 0 Å². The van der Waals surface area contributed by atoms with Crippen molar-refractivity contribution in [1.29, 1.82) is 0 Å². The van der Waals surface area contributed by atoms with Gasteiger partial charge in [0.05, 0.1) is 13.2 Å². The summed E-state index contributed by atoms with van der Waals surface area (Å²) in [5, 5.41) is 3.08. The molecule has 17 heavy (non-hydrogen) atoms. The average Bonchev–Trinajstić information content (AvgIpc) is 2.21. The highest BCUT2D eigenvalue weighted by Crippen LogP contribution is 2.18. The summed E-state index contributed by atoms with van der Waals surface area (Å²) in [6.45, 7) is 5.09. The first-order valence-electron chi connectivity index (χ1n) is 5.91. The number of hydrogen-bond acceptors (Lipinski definition) is 3. The topological polar surface area (TPSA) is 24.5 Å². The van der Waals surface area contributed by atoms with Crippen molar-refractivity contribution in [2.45, 2.75) is 32.5 Å². The van der Waals surface area contributed by atoms with Crippen molar-refractivity contribution in [3.8, 4) is 0 Å². The van der Waals surface area contributed by atoms with E-state index in [1.54, 1.807) is 14.0 Å². The van der Waals surface area contributed by atoms with E-state index in [9.17, 15) is 13.2 Å². The molecule has 1 atom stereocenters. The number of alkyl halides is 3. The normalized spacial score (nSPS) is 14.3. The minimum absolute atomic E-state index is 0.131. The Balaban J connectivity index is 4.01. The first kappa shape index (κ1) is 16.7. The SMILES string of the molecule is CCCN(CC(F)(F)F)C(C)CNCCOC. The Kier molecular flexibility index (Phi) is 8.55. The smallest absolute Gasteiger partial charge is 0.383 e. The molecule has 0 aliphatic carbocycles.